The molecule has 0 aliphatic carbocycles. The summed E-state index contributed by atoms with van der Waals surface area (Å²) in [6, 6.07) is 0. The Kier molecular flexibility index (Phi) is 2.60. The van der Waals surface area contributed by atoms with Crippen molar-refractivity contribution < 1.29 is 4.57 Å². The number of hydrogen-bond acceptors (Lipinski definition) is 1. The van der Waals surface area contributed by atoms with Gasteiger partial charge in [-0.1, -0.05) is 18.5 Å². The fraction of sp³-hybridized carbons (Fsp3) is 0.714. The Bertz CT molecular complexity index is 198. The quantitative estimate of drug-likeness (QED) is 0.594. The third kappa shape index (κ3) is 1.87. The van der Waals surface area contributed by atoms with E-state index in [1.54, 1.807) is 5.82 Å². The maximum absolute atomic E-state index is 11.7. The molecule has 0 radical (unpaired) electrons. The third-order valence-electron chi connectivity index (χ3n) is 1.71. The molecule has 0 saturated heterocycles. The van der Waals surface area contributed by atoms with Gasteiger partial charge in [0.05, 0.1) is 0 Å². The second kappa shape index (κ2) is 3.11. The minimum absolute atomic E-state index is 0.803. The van der Waals surface area contributed by atoms with Crippen molar-refractivity contribution in [2.24, 2.45) is 0 Å². The van der Waals surface area contributed by atoms with Crippen molar-refractivity contribution in [3.63, 3.8) is 0 Å². The molecule has 1 aliphatic heterocycles. The van der Waals surface area contributed by atoms with E-state index in [4.69, 9.17) is 11.6 Å². The molecule has 0 amide bonds. The number of allylic oxidation sites excluding steroid dienone is 1. The zero-order valence-corrected chi connectivity index (χ0v) is 7.79. The molecule has 10 heavy (non-hydrogen) atoms. The van der Waals surface area contributed by atoms with Gasteiger partial charge >= 0.3 is 0 Å². The van der Waals surface area contributed by atoms with Crippen molar-refractivity contribution in [2.45, 2.75) is 19.8 Å². The molecule has 0 bridgehead atoms. The van der Waals surface area contributed by atoms with Gasteiger partial charge in [0.2, 0.25) is 0 Å². The number of halogens is 1. The van der Waals surface area contributed by atoms with Crippen molar-refractivity contribution in [3.05, 3.63) is 10.8 Å². The second-order valence-electron chi connectivity index (χ2n) is 2.73. The van der Waals surface area contributed by atoms with E-state index in [0.717, 1.165) is 30.2 Å². The van der Waals surface area contributed by atoms with Gasteiger partial charge in [-0.25, -0.2) is 0 Å². The van der Waals surface area contributed by atoms with Crippen molar-refractivity contribution in [2.75, 3.05) is 12.3 Å². The molecule has 3 heteroatoms. The van der Waals surface area contributed by atoms with Gasteiger partial charge in [0.25, 0.3) is 0 Å². The molecule has 0 aromatic rings. The molecular weight excluding hydrogens is 167 g/mol. The lowest BCUT2D eigenvalue weighted by Crippen LogP contribution is -1.85. The molecule has 1 aliphatic rings. The van der Waals surface area contributed by atoms with Crippen LogP contribution in [-0.4, -0.2) is 12.3 Å². The second-order valence-corrected chi connectivity index (χ2v) is 6.27. The lowest BCUT2D eigenvalue weighted by atomic mass is 10.5. The van der Waals surface area contributed by atoms with E-state index in [0.29, 0.717) is 0 Å². The maximum Gasteiger partial charge on any atom is 0.110 e. The van der Waals surface area contributed by atoms with Crippen molar-refractivity contribution in [1.29, 1.82) is 0 Å². The third-order valence-corrected chi connectivity index (χ3v) is 5.12. The van der Waals surface area contributed by atoms with Crippen molar-refractivity contribution in [3.8, 4) is 0 Å². The Morgan fingerprint density at radius 2 is 2.50 bits per heavy atom. The molecule has 0 saturated carbocycles. The summed E-state index contributed by atoms with van der Waals surface area (Å²) in [6.07, 6.45) is 3.47. The van der Waals surface area contributed by atoms with Gasteiger partial charge < -0.3 is 4.57 Å². The fourth-order valence-corrected chi connectivity index (χ4v) is 4.49. The predicted molar refractivity (Wildman–Crippen MR) is 46.2 cm³/mol. The van der Waals surface area contributed by atoms with Crippen LogP contribution in [0.1, 0.15) is 19.8 Å². The number of hydrogen-bond donors (Lipinski definition) is 0. The molecule has 0 aromatic carbocycles. The average Bonchev–Trinajstić information content (AvgIpc) is 2.12. The van der Waals surface area contributed by atoms with Crippen molar-refractivity contribution in [1.82, 2.24) is 0 Å². The van der Waals surface area contributed by atoms with Gasteiger partial charge in [0, 0.05) is 17.4 Å². The molecule has 1 atom stereocenters. The standard InChI is InChI=1S/C7H12ClOP/c1-2-4-10(9)5-3-7(8)6-10/h6H,2-5H2,1H3. The first kappa shape index (κ1) is 8.36. The first-order valence-electron chi connectivity index (χ1n) is 3.61. The minimum atomic E-state index is -1.92. The van der Waals surface area contributed by atoms with E-state index < -0.39 is 7.14 Å². The Morgan fingerprint density at radius 1 is 1.80 bits per heavy atom. The molecular formula is C7H12ClOP. The highest BCUT2D eigenvalue weighted by molar-refractivity contribution is 7.67. The monoisotopic (exact) mass is 178 g/mol. The largest absolute Gasteiger partial charge is 0.319 e. The van der Waals surface area contributed by atoms with Crippen LogP contribution in [0.3, 0.4) is 0 Å². The molecule has 0 N–H and O–H groups in total. The van der Waals surface area contributed by atoms with Gasteiger partial charge in [-0.15, -0.1) is 0 Å². The lowest BCUT2D eigenvalue weighted by Gasteiger charge is -2.04. The zero-order valence-electron chi connectivity index (χ0n) is 6.14. The summed E-state index contributed by atoms with van der Waals surface area (Å²) in [5.74, 6) is 1.79. The molecule has 0 spiro atoms. The fourth-order valence-electron chi connectivity index (χ4n) is 1.24. The van der Waals surface area contributed by atoms with Gasteiger partial charge in [-0.3, -0.25) is 0 Å². The molecule has 1 rings (SSSR count). The highest BCUT2D eigenvalue weighted by Gasteiger charge is 2.24. The first-order valence-corrected chi connectivity index (χ1v) is 6.14. The summed E-state index contributed by atoms with van der Waals surface area (Å²) in [6.45, 7) is 2.06. The highest BCUT2D eigenvalue weighted by Crippen LogP contribution is 2.55. The molecule has 0 fully saturated rings. The molecule has 1 nitrogen and oxygen atoms in total. The minimum Gasteiger partial charge on any atom is -0.319 e. The molecule has 58 valence electrons. The Hall–Kier alpha value is 0.260. The van der Waals surface area contributed by atoms with Gasteiger partial charge in [-0.05, 0) is 18.7 Å². The van der Waals surface area contributed by atoms with E-state index in [1.807, 2.05) is 0 Å². The Morgan fingerprint density at radius 3 is 2.90 bits per heavy atom. The summed E-state index contributed by atoms with van der Waals surface area (Å²) < 4.78 is 11.7. The van der Waals surface area contributed by atoms with Gasteiger partial charge in [-0.2, -0.15) is 0 Å². The smallest absolute Gasteiger partial charge is 0.110 e. The van der Waals surface area contributed by atoms with E-state index >= 15 is 0 Å². The summed E-state index contributed by atoms with van der Waals surface area (Å²) in [5.41, 5.74) is 0. The van der Waals surface area contributed by atoms with E-state index in [-0.39, 0.29) is 0 Å². The molecule has 1 unspecified atom stereocenters. The number of rotatable bonds is 2. The lowest BCUT2D eigenvalue weighted by molar-refractivity contribution is 0.581. The van der Waals surface area contributed by atoms with Crippen LogP contribution in [0, 0.1) is 0 Å². The van der Waals surface area contributed by atoms with Crippen LogP contribution in [0.5, 0.6) is 0 Å². The first-order chi connectivity index (χ1) is 4.66. The summed E-state index contributed by atoms with van der Waals surface area (Å²) in [5, 5.41) is 0.803. The van der Waals surface area contributed by atoms with Crippen molar-refractivity contribution >= 4 is 18.7 Å². The van der Waals surface area contributed by atoms with E-state index in [9.17, 15) is 4.57 Å². The van der Waals surface area contributed by atoms with Gasteiger partial charge in [0.15, 0.2) is 0 Å². The van der Waals surface area contributed by atoms with Crippen LogP contribution in [0.2, 0.25) is 0 Å². The summed E-state index contributed by atoms with van der Waals surface area (Å²) >= 11 is 5.72. The predicted octanol–water partition coefficient (Wildman–Crippen LogP) is 3.24. The Balaban J connectivity index is 2.64. The van der Waals surface area contributed by atoms with E-state index in [1.165, 1.54) is 0 Å². The van der Waals surface area contributed by atoms with Crippen LogP contribution in [-0.2, 0) is 4.57 Å². The highest BCUT2D eigenvalue weighted by atomic mass is 35.5. The zero-order chi connectivity index (χ0) is 7.61. The SMILES string of the molecule is CCCP1(=O)C=C(Cl)CC1. The van der Waals surface area contributed by atoms with Crippen LogP contribution in [0.15, 0.2) is 10.8 Å². The average molecular weight is 179 g/mol. The summed E-state index contributed by atoms with van der Waals surface area (Å²) in [7, 11) is -1.92. The Labute approximate surface area is 66.8 Å². The molecule has 1 heterocycles. The van der Waals surface area contributed by atoms with Crippen LogP contribution in [0.25, 0.3) is 0 Å². The summed E-state index contributed by atoms with van der Waals surface area (Å²) in [4.78, 5) is 0. The normalized spacial score (nSPS) is 32.4. The van der Waals surface area contributed by atoms with Crippen LogP contribution in [0.4, 0.5) is 0 Å². The topological polar surface area (TPSA) is 17.1 Å². The maximum atomic E-state index is 11.7. The van der Waals surface area contributed by atoms with Crippen LogP contribution >= 0.6 is 18.7 Å². The van der Waals surface area contributed by atoms with E-state index in [2.05, 4.69) is 6.92 Å². The van der Waals surface area contributed by atoms with Gasteiger partial charge in [0.1, 0.15) is 7.14 Å². The molecule has 0 aromatic heterocycles. The van der Waals surface area contributed by atoms with Crippen LogP contribution < -0.4 is 0 Å².